The van der Waals surface area contributed by atoms with Crippen molar-refractivity contribution in [1.29, 1.82) is 5.26 Å². The van der Waals surface area contributed by atoms with Crippen molar-refractivity contribution in [3.8, 4) is 6.07 Å². The average molecular weight is 224 g/mol. The SMILES string of the molecule is COC1CCCC(N(CCC#N)C(C)C)C1. The number of nitriles is 1. The molecule has 0 aromatic heterocycles. The van der Waals surface area contributed by atoms with Crippen LogP contribution in [0.5, 0.6) is 0 Å². The molecule has 92 valence electrons. The van der Waals surface area contributed by atoms with Crippen LogP contribution in [0.2, 0.25) is 0 Å². The number of hydrogen-bond donors (Lipinski definition) is 0. The van der Waals surface area contributed by atoms with Gasteiger partial charge in [0, 0.05) is 32.2 Å². The third-order valence-corrected chi connectivity index (χ3v) is 3.55. The third-order valence-electron chi connectivity index (χ3n) is 3.55. The van der Waals surface area contributed by atoms with Crippen molar-refractivity contribution in [1.82, 2.24) is 4.90 Å². The van der Waals surface area contributed by atoms with Crippen LogP contribution in [0, 0.1) is 11.3 Å². The van der Waals surface area contributed by atoms with Crippen molar-refractivity contribution in [2.45, 2.75) is 64.1 Å². The van der Waals surface area contributed by atoms with Gasteiger partial charge >= 0.3 is 0 Å². The summed E-state index contributed by atoms with van der Waals surface area (Å²) in [7, 11) is 1.81. The highest BCUT2D eigenvalue weighted by molar-refractivity contribution is 4.84. The first-order valence-electron chi connectivity index (χ1n) is 6.34. The molecule has 0 heterocycles. The van der Waals surface area contributed by atoms with Crippen molar-refractivity contribution >= 4 is 0 Å². The molecule has 0 amide bonds. The fraction of sp³-hybridized carbons (Fsp3) is 0.923. The standard InChI is InChI=1S/C13H24N2O/c1-11(2)15(9-5-8-14)12-6-4-7-13(10-12)16-3/h11-13H,4-7,9-10H2,1-3H3. The Labute approximate surface area is 99.4 Å². The van der Waals surface area contributed by atoms with Crippen LogP contribution in [0.1, 0.15) is 46.0 Å². The van der Waals surface area contributed by atoms with E-state index in [0.29, 0.717) is 24.6 Å². The maximum atomic E-state index is 8.69. The fourth-order valence-electron chi connectivity index (χ4n) is 2.68. The molecule has 2 atom stereocenters. The second-order valence-corrected chi connectivity index (χ2v) is 4.92. The number of rotatable bonds is 5. The summed E-state index contributed by atoms with van der Waals surface area (Å²) in [5.41, 5.74) is 0. The van der Waals surface area contributed by atoms with Crippen molar-refractivity contribution < 1.29 is 4.74 Å². The zero-order chi connectivity index (χ0) is 12.0. The van der Waals surface area contributed by atoms with Crippen molar-refractivity contribution in [2.75, 3.05) is 13.7 Å². The Morgan fingerprint density at radius 1 is 1.44 bits per heavy atom. The van der Waals surface area contributed by atoms with Gasteiger partial charge in [-0.3, -0.25) is 4.90 Å². The summed E-state index contributed by atoms with van der Waals surface area (Å²) in [6.45, 7) is 5.33. The zero-order valence-corrected chi connectivity index (χ0v) is 10.8. The summed E-state index contributed by atoms with van der Waals surface area (Å²) in [5.74, 6) is 0. The summed E-state index contributed by atoms with van der Waals surface area (Å²) >= 11 is 0. The Kier molecular flexibility index (Phi) is 5.79. The fourth-order valence-corrected chi connectivity index (χ4v) is 2.68. The minimum absolute atomic E-state index is 0.419. The molecule has 1 saturated carbocycles. The molecule has 0 N–H and O–H groups in total. The van der Waals surface area contributed by atoms with Crippen LogP contribution in [0.3, 0.4) is 0 Å². The molecule has 1 rings (SSSR count). The second-order valence-electron chi connectivity index (χ2n) is 4.92. The van der Waals surface area contributed by atoms with Gasteiger partial charge < -0.3 is 4.74 Å². The minimum Gasteiger partial charge on any atom is -0.381 e. The lowest BCUT2D eigenvalue weighted by Gasteiger charge is -2.39. The molecule has 3 heteroatoms. The first-order valence-corrected chi connectivity index (χ1v) is 6.34. The van der Waals surface area contributed by atoms with Gasteiger partial charge in [-0.2, -0.15) is 5.26 Å². The highest BCUT2D eigenvalue weighted by Gasteiger charge is 2.27. The van der Waals surface area contributed by atoms with Gasteiger partial charge in [0.15, 0.2) is 0 Å². The third kappa shape index (κ3) is 3.77. The van der Waals surface area contributed by atoms with Crippen LogP contribution in [0.4, 0.5) is 0 Å². The summed E-state index contributed by atoms with van der Waals surface area (Å²) in [6, 6.07) is 3.37. The van der Waals surface area contributed by atoms with Crippen molar-refractivity contribution in [3.05, 3.63) is 0 Å². The van der Waals surface area contributed by atoms with E-state index in [2.05, 4.69) is 24.8 Å². The molecular weight excluding hydrogens is 200 g/mol. The van der Waals surface area contributed by atoms with Crippen LogP contribution < -0.4 is 0 Å². The van der Waals surface area contributed by atoms with Crippen LogP contribution in [0.25, 0.3) is 0 Å². The number of nitrogens with zero attached hydrogens (tertiary/aromatic N) is 2. The van der Waals surface area contributed by atoms with Gasteiger partial charge in [0.1, 0.15) is 0 Å². The maximum absolute atomic E-state index is 8.69. The smallest absolute Gasteiger partial charge is 0.0635 e. The maximum Gasteiger partial charge on any atom is 0.0635 e. The van der Waals surface area contributed by atoms with E-state index in [4.69, 9.17) is 10.00 Å². The van der Waals surface area contributed by atoms with Crippen molar-refractivity contribution in [2.24, 2.45) is 0 Å². The Balaban J connectivity index is 2.52. The zero-order valence-electron chi connectivity index (χ0n) is 10.8. The first kappa shape index (κ1) is 13.5. The van der Waals surface area contributed by atoms with E-state index in [1.54, 1.807) is 0 Å². The lowest BCUT2D eigenvalue weighted by atomic mass is 9.91. The average Bonchev–Trinajstić information content (AvgIpc) is 2.29. The molecular formula is C13H24N2O. The molecule has 1 aliphatic rings. The van der Waals surface area contributed by atoms with E-state index >= 15 is 0 Å². The normalized spacial score (nSPS) is 26.0. The molecule has 1 fully saturated rings. The summed E-state index contributed by atoms with van der Waals surface area (Å²) in [6.07, 6.45) is 5.87. The molecule has 3 nitrogen and oxygen atoms in total. The number of methoxy groups -OCH3 is 1. The summed E-state index contributed by atoms with van der Waals surface area (Å²) in [5, 5.41) is 8.69. The van der Waals surface area contributed by atoms with Gasteiger partial charge in [0.2, 0.25) is 0 Å². The van der Waals surface area contributed by atoms with Crippen molar-refractivity contribution in [3.63, 3.8) is 0 Å². The Hall–Kier alpha value is -0.590. The molecule has 0 aromatic rings. The molecule has 0 radical (unpaired) electrons. The van der Waals surface area contributed by atoms with E-state index in [9.17, 15) is 0 Å². The molecule has 0 aliphatic heterocycles. The Morgan fingerprint density at radius 3 is 2.75 bits per heavy atom. The van der Waals surface area contributed by atoms with E-state index in [-0.39, 0.29) is 0 Å². The van der Waals surface area contributed by atoms with Gasteiger partial charge in [0.05, 0.1) is 12.2 Å². The predicted molar refractivity (Wildman–Crippen MR) is 65.1 cm³/mol. The molecule has 0 spiro atoms. The van der Waals surface area contributed by atoms with Gasteiger partial charge in [-0.25, -0.2) is 0 Å². The Morgan fingerprint density at radius 2 is 2.19 bits per heavy atom. The predicted octanol–water partition coefficient (Wildman–Crippen LogP) is 2.57. The highest BCUT2D eigenvalue weighted by atomic mass is 16.5. The number of ether oxygens (including phenoxy) is 1. The number of hydrogen-bond acceptors (Lipinski definition) is 3. The first-order chi connectivity index (χ1) is 7.69. The van der Waals surface area contributed by atoms with E-state index < -0.39 is 0 Å². The van der Waals surface area contributed by atoms with Crippen LogP contribution in [-0.4, -0.2) is 36.7 Å². The molecule has 0 aromatic carbocycles. The molecule has 0 bridgehead atoms. The second kappa shape index (κ2) is 6.88. The van der Waals surface area contributed by atoms with E-state index in [1.165, 1.54) is 19.3 Å². The van der Waals surface area contributed by atoms with Gasteiger partial charge in [-0.15, -0.1) is 0 Å². The minimum atomic E-state index is 0.419. The summed E-state index contributed by atoms with van der Waals surface area (Å²) in [4.78, 5) is 2.47. The van der Waals surface area contributed by atoms with Crippen LogP contribution >= 0.6 is 0 Å². The largest absolute Gasteiger partial charge is 0.381 e. The van der Waals surface area contributed by atoms with E-state index in [1.807, 2.05) is 7.11 Å². The van der Waals surface area contributed by atoms with Crippen LogP contribution in [0.15, 0.2) is 0 Å². The quantitative estimate of drug-likeness (QED) is 0.720. The molecule has 1 aliphatic carbocycles. The molecule has 16 heavy (non-hydrogen) atoms. The Bertz CT molecular complexity index is 235. The summed E-state index contributed by atoms with van der Waals surface area (Å²) < 4.78 is 5.46. The van der Waals surface area contributed by atoms with Gasteiger partial charge in [0.25, 0.3) is 0 Å². The monoisotopic (exact) mass is 224 g/mol. The molecule has 0 saturated heterocycles. The van der Waals surface area contributed by atoms with Gasteiger partial charge in [-0.1, -0.05) is 0 Å². The highest BCUT2D eigenvalue weighted by Crippen LogP contribution is 2.26. The topological polar surface area (TPSA) is 36.3 Å². The molecule has 2 unspecified atom stereocenters. The lowest BCUT2D eigenvalue weighted by Crippen LogP contribution is -2.44. The van der Waals surface area contributed by atoms with Gasteiger partial charge in [-0.05, 0) is 39.5 Å². The lowest BCUT2D eigenvalue weighted by molar-refractivity contribution is 0.0195. The van der Waals surface area contributed by atoms with Crippen LogP contribution in [-0.2, 0) is 4.74 Å². The van der Waals surface area contributed by atoms with E-state index in [0.717, 1.165) is 13.0 Å².